The third-order valence-corrected chi connectivity index (χ3v) is 6.28. The molecule has 1 atom stereocenters. The minimum Gasteiger partial charge on any atom is -0.342 e. The van der Waals surface area contributed by atoms with Gasteiger partial charge in [-0.25, -0.2) is 0 Å². The van der Waals surface area contributed by atoms with Crippen molar-refractivity contribution in [3.05, 3.63) is 35.4 Å². The normalized spacial score (nSPS) is 21.3. The van der Waals surface area contributed by atoms with Crippen molar-refractivity contribution < 1.29 is 9.59 Å². The maximum Gasteiger partial charge on any atom is 0.227 e. The Morgan fingerprint density at radius 1 is 1.07 bits per heavy atom. The number of nitrogens with zero attached hydrogens (tertiary/aromatic N) is 2. The number of carbonyl (C=O) groups excluding carboxylic acids is 2. The van der Waals surface area contributed by atoms with Crippen LogP contribution >= 0.6 is 0 Å². The van der Waals surface area contributed by atoms with Gasteiger partial charge in [-0.15, -0.1) is 0 Å². The van der Waals surface area contributed by atoms with E-state index in [-0.39, 0.29) is 17.7 Å². The van der Waals surface area contributed by atoms with Gasteiger partial charge >= 0.3 is 0 Å². The average molecular weight is 371 g/mol. The van der Waals surface area contributed by atoms with Gasteiger partial charge in [0.25, 0.3) is 0 Å². The van der Waals surface area contributed by atoms with Gasteiger partial charge in [0.1, 0.15) is 0 Å². The van der Waals surface area contributed by atoms with Crippen molar-refractivity contribution in [3.63, 3.8) is 0 Å². The Morgan fingerprint density at radius 3 is 2.41 bits per heavy atom. The van der Waals surface area contributed by atoms with Crippen LogP contribution in [0.25, 0.3) is 0 Å². The highest BCUT2D eigenvalue weighted by Gasteiger charge is 2.33. The Labute approximate surface area is 163 Å². The van der Waals surface area contributed by atoms with Crippen LogP contribution in [0.1, 0.15) is 63.0 Å². The van der Waals surface area contributed by atoms with Crippen molar-refractivity contribution in [2.24, 2.45) is 11.8 Å². The molecule has 1 aromatic rings. The Bertz CT molecular complexity index is 634. The Balaban J connectivity index is 1.55. The van der Waals surface area contributed by atoms with E-state index in [0.29, 0.717) is 31.8 Å². The lowest BCUT2D eigenvalue weighted by atomic mass is 9.87. The van der Waals surface area contributed by atoms with Crippen molar-refractivity contribution >= 4 is 11.8 Å². The Morgan fingerprint density at radius 2 is 1.74 bits per heavy atom. The maximum absolute atomic E-state index is 13.0. The second kappa shape index (κ2) is 9.38. The van der Waals surface area contributed by atoms with Crippen LogP contribution in [-0.2, 0) is 22.6 Å². The fraction of sp³-hybridized carbons (Fsp3) is 0.652. The molecular formula is C23H34N2O2. The fourth-order valence-corrected chi connectivity index (χ4v) is 4.52. The first-order valence-corrected chi connectivity index (χ1v) is 10.7. The number of likely N-dealkylation sites (tertiary alicyclic amines) is 1. The van der Waals surface area contributed by atoms with Gasteiger partial charge in [-0.1, -0.05) is 50.5 Å². The molecule has 1 saturated carbocycles. The van der Waals surface area contributed by atoms with Crippen LogP contribution in [0.15, 0.2) is 24.3 Å². The smallest absolute Gasteiger partial charge is 0.227 e. The molecule has 27 heavy (non-hydrogen) atoms. The molecule has 1 heterocycles. The van der Waals surface area contributed by atoms with E-state index >= 15 is 0 Å². The zero-order chi connectivity index (χ0) is 19.2. The molecule has 2 amide bonds. The molecule has 2 aliphatic rings. The van der Waals surface area contributed by atoms with Crippen LogP contribution in [0, 0.1) is 11.8 Å². The van der Waals surface area contributed by atoms with Crippen molar-refractivity contribution in [3.8, 4) is 0 Å². The lowest BCUT2D eigenvalue weighted by Gasteiger charge is -2.36. The number of benzene rings is 1. The summed E-state index contributed by atoms with van der Waals surface area (Å²) in [6, 6.07) is 8.50. The molecule has 0 spiro atoms. The highest BCUT2D eigenvalue weighted by molar-refractivity contribution is 5.83. The summed E-state index contributed by atoms with van der Waals surface area (Å²) in [6.45, 7) is 4.24. The number of carbonyl (C=O) groups is 2. The van der Waals surface area contributed by atoms with Crippen LogP contribution in [0.4, 0.5) is 0 Å². The third-order valence-electron chi connectivity index (χ3n) is 6.28. The molecule has 2 fully saturated rings. The van der Waals surface area contributed by atoms with Crippen molar-refractivity contribution in [2.45, 2.75) is 64.8 Å². The van der Waals surface area contributed by atoms with E-state index in [2.05, 4.69) is 31.2 Å². The summed E-state index contributed by atoms with van der Waals surface area (Å²) in [5.41, 5.74) is 2.48. The molecule has 3 rings (SSSR count). The summed E-state index contributed by atoms with van der Waals surface area (Å²) in [5, 5.41) is 0. The molecule has 148 valence electrons. The van der Waals surface area contributed by atoms with Gasteiger partial charge in [0.05, 0.1) is 5.92 Å². The second-order valence-electron chi connectivity index (χ2n) is 8.40. The van der Waals surface area contributed by atoms with E-state index in [1.165, 1.54) is 37.7 Å². The molecule has 1 aliphatic carbocycles. The van der Waals surface area contributed by atoms with Gasteiger partial charge in [-0.3, -0.25) is 9.59 Å². The third kappa shape index (κ3) is 5.33. The molecule has 0 aromatic heterocycles. The van der Waals surface area contributed by atoms with E-state index in [1.54, 1.807) is 0 Å². The number of piperidine rings is 1. The zero-order valence-corrected chi connectivity index (χ0v) is 17.0. The highest BCUT2D eigenvalue weighted by atomic mass is 16.2. The first-order chi connectivity index (χ1) is 13.1. The topological polar surface area (TPSA) is 40.6 Å². The molecule has 0 N–H and O–H groups in total. The number of hydrogen-bond acceptors (Lipinski definition) is 2. The Hall–Kier alpha value is -1.84. The number of amides is 2. The van der Waals surface area contributed by atoms with Crippen LogP contribution in [0.5, 0.6) is 0 Å². The largest absolute Gasteiger partial charge is 0.342 e. The lowest BCUT2D eigenvalue weighted by Crippen LogP contribution is -2.47. The van der Waals surface area contributed by atoms with Crippen molar-refractivity contribution in [1.82, 2.24) is 9.80 Å². The molecule has 4 heteroatoms. The summed E-state index contributed by atoms with van der Waals surface area (Å²) < 4.78 is 0. The minimum absolute atomic E-state index is 0.0498. The van der Waals surface area contributed by atoms with Gasteiger partial charge in [0.15, 0.2) is 0 Å². The number of aryl methyl sites for hydroxylation is 1. The summed E-state index contributed by atoms with van der Waals surface area (Å²) in [7, 11) is 1.89. The van der Waals surface area contributed by atoms with E-state index < -0.39 is 0 Å². The summed E-state index contributed by atoms with van der Waals surface area (Å²) >= 11 is 0. The second-order valence-corrected chi connectivity index (χ2v) is 8.40. The fourth-order valence-electron chi connectivity index (χ4n) is 4.52. The van der Waals surface area contributed by atoms with Crippen molar-refractivity contribution in [1.29, 1.82) is 0 Å². The maximum atomic E-state index is 13.0. The highest BCUT2D eigenvalue weighted by Crippen LogP contribution is 2.27. The number of rotatable bonds is 6. The predicted octanol–water partition coefficient (Wildman–Crippen LogP) is 4.03. The minimum atomic E-state index is -0.0498. The first kappa shape index (κ1) is 19.9. The molecule has 0 bridgehead atoms. The monoisotopic (exact) mass is 370 g/mol. The number of hydrogen-bond donors (Lipinski definition) is 0. The van der Waals surface area contributed by atoms with Crippen LogP contribution in [-0.4, -0.2) is 41.8 Å². The molecule has 1 aliphatic heterocycles. The quantitative estimate of drug-likeness (QED) is 0.759. The van der Waals surface area contributed by atoms with Gasteiger partial charge in [0.2, 0.25) is 11.8 Å². The predicted molar refractivity (Wildman–Crippen MR) is 108 cm³/mol. The molecule has 0 radical (unpaired) electrons. The van der Waals surface area contributed by atoms with Gasteiger partial charge < -0.3 is 9.80 Å². The first-order valence-electron chi connectivity index (χ1n) is 10.7. The molecule has 4 nitrogen and oxygen atoms in total. The molecule has 1 saturated heterocycles. The van der Waals surface area contributed by atoms with Gasteiger partial charge in [-0.2, -0.15) is 0 Å². The summed E-state index contributed by atoms with van der Waals surface area (Å²) in [6.07, 6.45) is 8.60. The van der Waals surface area contributed by atoms with Crippen molar-refractivity contribution in [2.75, 3.05) is 20.1 Å². The van der Waals surface area contributed by atoms with E-state index in [1.807, 2.05) is 16.8 Å². The Kier molecular flexibility index (Phi) is 6.92. The summed E-state index contributed by atoms with van der Waals surface area (Å²) in [4.78, 5) is 29.1. The lowest BCUT2D eigenvalue weighted by molar-refractivity contribution is -0.143. The summed E-state index contributed by atoms with van der Waals surface area (Å²) in [5.74, 6) is 0.996. The standard InChI is InChI=1S/C23H34N2O2/c1-3-18-9-11-20(12-10-18)15-24(2)23(27)21-13-14-22(26)25(17-21)16-19-7-5-4-6-8-19/h9-12,19,21H,3-8,13-17H2,1-2H3/t21-/m0/s1. The van der Waals surface area contributed by atoms with Crippen LogP contribution in [0.2, 0.25) is 0 Å². The molecule has 1 aromatic carbocycles. The van der Waals surface area contributed by atoms with Gasteiger partial charge in [-0.05, 0) is 42.7 Å². The SMILES string of the molecule is CCc1ccc(CN(C)C(=O)[C@H]2CCC(=O)N(CC3CCCCC3)C2)cc1. The zero-order valence-electron chi connectivity index (χ0n) is 17.0. The van der Waals surface area contributed by atoms with Crippen LogP contribution < -0.4 is 0 Å². The molecule has 0 unspecified atom stereocenters. The average Bonchev–Trinajstić information content (AvgIpc) is 2.70. The van der Waals surface area contributed by atoms with E-state index in [0.717, 1.165) is 18.5 Å². The van der Waals surface area contributed by atoms with E-state index in [4.69, 9.17) is 0 Å². The van der Waals surface area contributed by atoms with Gasteiger partial charge in [0, 0.05) is 33.1 Å². The van der Waals surface area contributed by atoms with Crippen LogP contribution in [0.3, 0.4) is 0 Å². The van der Waals surface area contributed by atoms with E-state index in [9.17, 15) is 9.59 Å². The molecular weight excluding hydrogens is 336 g/mol.